The largest absolute Gasteiger partial charge is 0.497 e. The molecule has 31 heavy (non-hydrogen) atoms. The van der Waals surface area contributed by atoms with Crippen molar-refractivity contribution in [2.45, 2.75) is 19.6 Å². The van der Waals surface area contributed by atoms with Crippen LogP contribution < -0.4 is 15.4 Å². The van der Waals surface area contributed by atoms with Gasteiger partial charge in [-0.1, -0.05) is 48.5 Å². The molecule has 158 valence electrons. The van der Waals surface area contributed by atoms with E-state index >= 15 is 0 Å². The summed E-state index contributed by atoms with van der Waals surface area (Å²) in [7, 11) is 3.45. The first-order chi connectivity index (χ1) is 15.2. The van der Waals surface area contributed by atoms with Crippen molar-refractivity contribution < 1.29 is 4.74 Å². The lowest BCUT2D eigenvalue weighted by molar-refractivity contribution is 0.414. The third kappa shape index (κ3) is 5.22. The maximum absolute atomic E-state index is 5.20. The highest BCUT2D eigenvalue weighted by molar-refractivity contribution is 5.79. The van der Waals surface area contributed by atoms with Crippen LogP contribution in [-0.4, -0.2) is 29.7 Å². The zero-order valence-electron chi connectivity index (χ0n) is 17.9. The summed E-state index contributed by atoms with van der Waals surface area (Å²) in [6.07, 6.45) is 1.90. The standard InChI is InChI=1S/C25H27N5O/c1-26-25(28-16-20-11-13-22(31-2)14-12-20)27-15-19-7-9-21(10-8-19)17-30-18-29-23-5-3-4-6-24(23)30/h3-14,18H,15-17H2,1-2H3,(H2,26,27,28). The number of fused-ring (bicyclic) bond motifs is 1. The van der Waals surface area contributed by atoms with Crippen LogP contribution >= 0.6 is 0 Å². The van der Waals surface area contributed by atoms with Crippen molar-refractivity contribution in [3.8, 4) is 5.75 Å². The summed E-state index contributed by atoms with van der Waals surface area (Å²) in [6.45, 7) is 2.21. The number of imidazole rings is 1. The van der Waals surface area contributed by atoms with E-state index in [0.717, 1.165) is 29.3 Å². The highest BCUT2D eigenvalue weighted by Crippen LogP contribution is 2.15. The van der Waals surface area contributed by atoms with Crippen LogP contribution in [0.2, 0.25) is 0 Å². The zero-order valence-corrected chi connectivity index (χ0v) is 17.9. The molecule has 0 spiro atoms. The van der Waals surface area contributed by atoms with Gasteiger partial charge in [-0.25, -0.2) is 4.98 Å². The molecule has 0 aliphatic carbocycles. The predicted molar refractivity (Wildman–Crippen MR) is 125 cm³/mol. The van der Waals surface area contributed by atoms with Gasteiger partial charge < -0.3 is 19.9 Å². The molecule has 0 saturated carbocycles. The molecule has 0 amide bonds. The number of nitrogens with zero attached hydrogens (tertiary/aromatic N) is 3. The Morgan fingerprint density at radius 3 is 2.13 bits per heavy atom. The Labute approximate surface area is 182 Å². The Morgan fingerprint density at radius 2 is 1.48 bits per heavy atom. The molecule has 1 heterocycles. The van der Waals surface area contributed by atoms with Gasteiger partial charge in [-0.2, -0.15) is 0 Å². The second kappa shape index (κ2) is 9.80. The topological polar surface area (TPSA) is 63.5 Å². The van der Waals surface area contributed by atoms with Gasteiger partial charge in [-0.15, -0.1) is 0 Å². The Kier molecular flexibility index (Phi) is 6.47. The number of aromatic nitrogens is 2. The quantitative estimate of drug-likeness (QED) is 0.356. The normalized spacial score (nSPS) is 11.5. The van der Waals surface area contributed by atoms with Gasteiger partial charge in [0.2, 0.25) is 0 Å². The van der Waals surface area contributed by atoms with Gasteiger partial charge in [0.1, 0.15) is 5.75 Å². The number of benzene rings is 3. The zero-order chi connectivity index (χ0) is 21.5. The molecule has 2 N–H and O–H groups in total. The van der Waals surface area contributed by atoms with E-state index < -0.39 is 0 Å². The minimum Gasteiger partial charge on any atom is -0.497 e. The molecule has 3 aromatic carbocycles. The van der Waals surface area contributed by atoms with Gasteiger partial charge in [-0.3, -0.25) is 4.99 Å². The summed E-state index contributed by atoms with van der Waals surface area (Å²) in [5.74, 6) is 1.63. The number of methoxy groups -OCH3 is 1. The Balaban J connectivity index is 1.29. The lowest BCUT2D eigenvalue weighted by Gasteiger charge is -2.13. The monoisotopic (exact) mass is 413 g/mol. The lowest BCUT2D eigenvalue weighted by atomic mass is 10.1. The van der Waals surface area contributed by atoms with Crippen molar-refractivity contribution in [2.75, 3.05) is 14.2 Å². The van der Waals surface area contributed by atoms with Crippen LogP contribution in [0.25, 0.3) is 11.0 Å². The van der Waals surface area contributed by atoms with Crippen LogP contribution in [0.5, 0.6) is 5.75 Å². The van der Waals surface area contributed by atoms with Crippen molar-refractivity contribution in [1.29, 1.82) is 0 Å². The first-order valence-electron chi connectivity index (χ1n) is 10.3. The number of nitrogens with one attached hydrogen (secondary N) is 2. The molecule has 0 aliphatic rings. The van der Waals surface area contributed by atoms with E-state index in [-0.39, 0.29) is 0 Å². The first kappa shape index (κ1) is 20.5. The van der Waals surface area contributed by atoms with Gasteiger partial charge in [0.25, 0.3) is 0 Å². The molecular formula is C25H27N5O. The number of hydrogen-bond acceptors (Lipinski definition) is 3. The van der Waals surface area contributed by atoms with E-state index in [9.17, 15) is 0 Å². The fourth-order valence-corrected chi connectivity index (χ4v) is 3.43. The number of rotatable bonds is 7. The molecule has 6 nitrogen and oxygen atoms in total. The number of para-hydroxylation sites is 2. The van der Waals surface area contributed by atoms with Crippen molar-refractivity contribution in [2.24, 2.45) is 4.99 Å². The fraction of sp³-hybridized carbons (Fsp3) is 0.200. The van der Waals surface area contributed by atoms with E-state index in [1.807, 2.05) is 48.8 Å². The molecule has 0 fully saturated rings. The molecule has 6 heteroatoms. The second-order valence-electron chi connectivity index (χ2n) is 7.31. The van der Waals surface area contributed by atoms with Gasteiger partial charge in [0.15, 0.2) is 5.96 Å². The van der Waals surface area contributed by atoms with Gasteiger partial charge in [0.05, 0.1) is 24.5 Å². The molecule has 0 saturated heterocycles. The molecule has 1 aromatic heterocycles. The Hall–Kier alpha value is -3.80. The molecular weight excluding hydrogens is 386 g/mol. The second-order valence-corrected chi connectivity index (χ2v) is 7.31. The highest BCUT2D eigenvalue weighted by Gasteiger charge is 2.04. The van der Waals surface area contributed by atoms with Gasteiger partial charge >= 0.3 is 0 Å². The predicted octanol–water partition coefficient (Wildman–Crippen LogP) is 3.96. The van der Waals surface area contributed by atoms with Crippen LogP contribution in [0.15, 0.2) is 84.1 Å². The average molecular weight is 414 g/mol. The summed E-state index contributed by atoms with van der Waals surface area (Å²) >= 11 is 0. The molecule has 0 radical (unpaired) electrons. The molecule has 0 aliphatic heterocycles. The highest BCUT2D eigenvalue weighted by atomic mass is 16.5. The summed E-state index contributed by atoms with van der Waals surface area (Å²) in [5, 5.41) is 6.71. The lowest BCUT2D eigenvalue weighted by Crippen LogP contribution is -2.36. The summed E-state index contributed by atoms with van der Waals surface area (Å²) in [5.41, 5.74) is 5.79. The summed E-state index contributed by atoms with van der Waals surface area (Å²) in [6, 6.07) is 24.8. The van der Waals surface area contributed by atoms with Crippen molar-refractivity contribution in [1.82, 2.24) is 20.2 Å². The van der Waals surface area contributed by atoms with Crippen molar-refractivity contribution >= 4 is 17.0 Å². The van der Waals surface area contributed by atoms with E-state index in [2.05, 4.69) is 55.5 Å². The van der Waals surface area contributed by atoms with E-state index in [0.29, 0.717) is 13.1 Å². The average Bonchev–Trinajstić information content (AvgIpc) is 3.23. The number of aliphatic imine (C=N–C) groups is 1. The first-order valence-corrected chi connectivity index (χ1v) is 10.3. The molecule has 4 rings (SSSR count). The molecule has 0 bridgehead atoms. The smallest absolute Gasteiger partial charge is 0.191 e. The maximum atomic E-state index is 5.20. The van der Waals surface area contributed by atoms with Crippen LogP contribution in [0.1, 0.15) is 16.7 Å². The van der Waals surface area contributed by atoms with Crippen LogP contribution in [0, 0.1) is 0 Å². The number of hydrogen-bond donors (Lipinski definition) is 2. The third-order valence-electron chi connectivity index (χ3n) is 5.21. The van der Waals surface area contributed by atoms with Gasteiger partial charge in [0, 0.05) is 26.7 Å². The summed E-state index contributed by atoms with van der Waals surface area (Å²) in [4.78, 5) is 8.77. The van der Waals surface area contributed by atoms with E-state index in [1.54, 1.807) is 14.2 Å². The van der Waals surface area contributed by atoms with Gasteiger partial charge in [-0.05, 0) is 41.0 Å². The van der Waals surface area contributed by atoms with Crippen LogP contribution in [0.3, 0.4) is 0 Å². The summed E-state index contributed by atoms with van der Waals surface area (Å²) < 4.78 is 7.37. The Bertz CT molecular complexity index is 1150. The molecule has 0 unspecified atom stereocenters. The fourth-order valence-electron chi connectivity index (χ4n) is 3.43. The minimum atomic E-state index is 0.696. The van der Waals surface area contributed by atoms with Crippen molar-refractivity contribution in [3.63, 3.8) is 0 Å². The third-order valence-corrected chi connectivity index (χ3v) is 5.21. The van der Waals surface area contributed by atoms with Crippen LogP contribution in [0.4, 0.5) is 0 Å². The van der Waals surface area contributed by atoms with E-state index in [1.165, 1.54) is 16.7 Å². The molecule has 0 atom stereocenters. The van der Waals surface area contributed by atoms with Crippen molar-refractivity contribution in [3.05, 3.63) is 95.8 Å². The molecule has 4 aromatic rings. The Morgan fingerprint density at radius 1 is 0.871 bits per heavy atom. The van der Waals surface area contributed by atoms with Crippen LogP contribution in [-0.2, 0) is 19.6 Å². The minimum absolute atomic E-state index is 0.696. The SMILES string of the molecule is CN=C(NCc1ccc(Cn2cnc3ccccc32)cc1)NCc1ccc(OC)cc1. The number of guanidine groups is 1. The maximum Gasteiger partial charge on any atom is 0.191 e. The number of ether oxygens (including phenoxy) is 1. The van der Waals surface area contributed by atoms with E-state index in [4.69, 9.17) is 4.74 Å².